The molecule has 14 nitrogen and oxygen atoms in total. The van der Waals surface area contributed by atoms with Crippen LogP contribution < -0.4 is 10.5 Å². The van der Waals surface area contributed by atoms with E-state index in [-0.39, 0.29) is 28.4 Å². The van der Waals surface area contributed by atoms with E-state index in [9.17, 15) is 31.8 Å². The Bertz CT molecular complexity index is 1530. The molecule has 0 unspecified atom stereocenters. The molecule has 17 heteroatoms. The molecule has 4 atom stereocenters. The van der Waals surface area contributed by atoms with Crippen molar-refractivity contribution in [3.8, 4) is 0 Å². The molecule has 1 fully saturated rings. The topological polar surface area (TPSA) is 217 Å². The van der Waals surface area contributed by atoms with Crippen LogP contribution in [0.3, 0.4) is 0 Å². The predicted molar refractivity (Wildman–Crippen MR) is 131 cm³/mol. The van der Waals surface area contributed by atoms with Crippen LogP contribution in [0.2, 0.25) is 0 Å². The van der Waals surface area contributed by atoms with Gasteiger partial charge < -0.3 is 15.5 Å². The highest BCUT2D eigenvalue weighted by molar-refractivity contribution is 9.10. The summed E-state index contributed by atoms with van der Waals surface area (Å²) < 4.78 is 53.6. The summed E-state index contributed by atoms with van der Waals surface area (Å²) in [5, 5.41) is 32.3. The predicted octanol–water partition coefficient (Wildman–Crippen LogP) is -0.354. The number of ketones is 1. The summed E-state index contributed by atoms with van der Waals surface area (Å²) in [6, 6.07) is 6.39. The summed E-state index contributed by atoms with van der Waals surface area (Å²) in [4.78, 5) is 21.0. The Labute approximate surface area is 219 Å². The Hall–Kier alpha value is -2.80. The van der Waals surface area contributed by atoms with Crippen LogP contribution in [0.4, 0.5) is 5.82 Å². The van der Waals surface area contributed by atoms with Gasteiger partial charge in [0.05, 0.1) is 29.2 Å². The SMILES string of the molecule is NS(=O)(=O)OC[C@H]1C[C@@H](Nc2ncncc2C(=O)c2ccn(S(=O)(=O)c3cccc(Br)c3)n2)[C@H](O)[C@@H]1O. The Morgan fingerprint density at radius 1 is 1.22 bits per heavy atom. The van der Waals surface area contributed by atoms with E-state index in [0.29, 0.717) is 8.56 Å². The molecule has 5 N–H and O–H groups in total. The van der Waals surface area contributed by atoms with Crippen LogP contribution in [0, 0.1) is 5.92 Å². The van der Waals surface area contributed by atoms with E-state index < -0.39 is 56.9 Å². The lowest BCUT2D eigenvalue weighted by molar-refractivity contribution is 0.00778. The van der Waals surface area contributed by atoms with Crippen molar-refractivity contribution >= 4 is 47.9 Å². The van der Waals surface area contributed by atoms with Crippen molar-refractivity contribution in [1.82, 2.24) is 19.2 Å². The van der Waals surface area contributed by atoms with E-state index in [1.807, 2.05) is 0 Å². The summed E-state index contributed by atoms with van der Waals surface area (Å²) >= 11 is 3.22. The van der Waals surface area contributed by atoms with E-state index in [1.165, 1.54) is 24.4 Å². The molecule has 2 heterocycles. The number of anilines is 1. The lowest BCUT2D eigenvalue weighted by Gasteiger charge is -2.19. The van der Waals surface area contributed by atoms with Crippen molar-refractivity contribution in [2.24, 2.45) is 11.1 Å². The molecule has 0 saturated heterocycles. The molecule has 2 aromatic heterocycles. The number of carbonyl (C=O) groups is 1. The highest BCUT2D eigenvalue weighted by Gasteiger charge is 2.42. The largest absolute Gasteiger partial charge is 0.390 e. The van der Waals surface area contributed by atoms with Gasteiger partial charge in [-0.1, -0.05) is 22.0 Å². The number of aliphatic hydroxyl groups excluding tert-OH is 2. The normalized spacial score (nSPS) is 22.2. The minimum absolute atomic E-state index is 0.00587. The third-order valence-corrected chi connectivity index (χ3v) is 8.17. The van der Waals surface area contributed by atoms with Gasteiger partial charge in [-0.15, -0.1) is 0 Å². The highest BCUT2D eigenvalue weighted by Crippen LogP contribution is 2.30. The number of nitrogens with two attached hydrogens (primary N) is 1. The zero-order valence-electron chi connectivity index (χ0n) is 18.7. The zero-order valence-corrected chi connectivity index (χ0v) is 22.0. The molecule has 0 radical (unpaired) electrons. The molecule has 3 aromatic rings. The van der Waals surface area contributed by atoms with Gasteiger partial charge in [-0.3, -0.25) is 8.98 Å². The lowest BCUT2D eigenvalue weighted by atomic mass is 10.1. The number of nitrogens with one attached hydrogen (secondary N) is 1. The number of hydrogen-bond acceptors (Lipinski definition) is 12. The van der Waals surface area contributed by atoms with Gasteiger partial charge in [-0.25, -0.2) is 15.1 Å². The van der Waals surface area contributed by atoms with Crippen LogP contribution in [-0.2, 0) is 24.5 Å². The minimum Gasteiger partial charge on any atom is -0.390 e. The van der Waals surface area contributed by atoms with E-state index in [0.717, 1.165) is 12.5 Å². The Morgan fingerprint density at radius 3 is 2.68 bits per heavy atom. The molecule has 1 aliphatic rings. The maximum atomic E-state index is 13.2. The molecular formula is C20H21BrN6O8S2. The zero-order chi connectivity index (χ0) is 27.0. The van der Waals surface area contributed by atoms with E-state index in [2.05, 4.69) is 40.5 Å². The molecular weight excluding hydrogens is 596 g/mol. The van der Waals surface area contributed by atoms with Crippen molar-refractivity contribution in [3.63, 3.8) is 0 Å². The molecule has 1 aromatic carbocycles. The van der Waals surface area contributed by atoms with E-state index >= 15 is 0 Å². The number of nitrogens with zero attached hydrogens (tertiary/aromatic N) is 4. The molecule has 0 amide bonds. The number of hydrogen-bond donors (Lipinski definition) is 4. The fourth-order valence-electron chi connectivity index (χ4n) is 3.84. The average Bonchev–Trinajstić information content (AvgIpc) is 3.44. The van der Waals surface area contributed by atoms with Gasteiger partial charge in [-0.2, -0.15) is 26.0 Å². The number of halogens is 1. The van der Waals surface area contributed by atoms with Gasteiger partial charge in [0.15, 0.2) is 0 Å². The van der Waals surface area contributed by atoms with E-state index in [4.69, 9.17) is 5.14 Å². The van der Waals surface area contributed by atoms with Gasteiger partial charge in [0, 0.05) is 22.8 Å². The third-order valence-electron chi connectivity index (χ3n) is 5.67. The smallest absolute Gasteiger partial charge is 0.333 e. The van der Waals surface area contributed by atoms with Gasteiger partial charge in [0.25, 0.3) is 10.0 Å². The Kier molecular flexibility index (Phi) is 7.75. The first-order valence-electron chi connectivity index (χ1n) is 10.6. The van der Waals surface area contributed by atoms with Gasteiger partial charge in [0.2, 0.25) is 5.78 Å². The first-order valence-corrected chi connectivity index (χ1v) is 14.3. The number of aromatic nitrogens is 4. The molecule has 0 aliphatic heterocycles. The molecule has 0 bridgehead atoms. The number of aliphatic hydroxyl groups is 2. The molecule has 37 heavy (non-hydrogen) atoms. The van der Waals surface area contributed by atoms with Crippen LogP contribution in [0.1, 0.15) is 22.5 Å². The molecule has 4 rings (SSSR count). The van der Waals surface area contributed by atoms with Crippen molar-refractivity contribution in [2.75, 3.05) is 11.9 Å². The summed E-state index contributed by atoms with van der Waals surface area (Å²) in [5.41, 5.74) is -0.276. The summed E-state index contributed by atoms with van der Waals surface area (Å²) in [7, 11) is -8.31. The van der Waals surface area contributed by atoms with Crippen LogP contribution >= 0.6 is 15.9 Å². The van der Waals surface area contributed by atoms with Crippen LogP contribution in [-0.4, -0.2) is 76.8 Å². The summed E-state index contributed by atoms with van der Waals surface area (Å²) in [6.45, 7) is -0.450. The Balaban J connectivity index is 1.54. The van der Waals surface area contributed by atoms with Crippen LogP contribution in [0.15, 0.2) is 58.4 Å². The second kappa shape index (κ2) is 10.5. The van der Waals surface area contributed by atoms with Crippen molar-refractivity contribution in [3.05, 3.63) is 64.8 Å². The monoisotopic (exact) mass is 616 g/mol. The fraction of sp³-hybridized carbons (Fsp3) is 0.300. The molecule has 198 valence electrons. The molecule has 1 aliphatic carbocycles. The standard InChI is InChI=1S/C20H21BrN6O8S2/c21-12-2-1-3-13(7-12)36(31,32)27-5-4-15(26-27)18(29)14-8-23-10-24-20(14)25-16-6-11(17(28)19(16)30)9-35-37(22,33)34/h1-5,7-8,10-11,16-17,19,28,30H,6,9H2,(H2,22,33,34)(H,23,24,25)/t11-,16-,17-,19+/m1/s1. The maximum absolute atomic E-state index is 13.2. The van der Waals surface area contributed by atoms with Crippen molar-refractivity contribution in [1.29, 1.82) is 0 Å². The quantitative estimate of drug-likeness (QED) is 0.227. The molecule has 0 spiro atoms. The van der Waals surface area contributed by atoms with E-state index in [1.54, 1.807) is 12.1 Å². The lowest BCUT2D eigenvalue weighted by Crippen LogP contribution is -2.36. The molecule has 1 saturated carbocycles. The second-order valence-corrected chi connectivity index (χ2v) is 12.1. The van der Waals surface area contributed by atoms with Crippen molar-refractivity contribution in [2.45, 2.75) is 29.6 Å². The third kappa shape index (κ3) is 6.03. The number of rotatable bonds is 9. The highest BCUT2D eigenvalue weighted by atomic mass is 79.9. The number of carbonyl (C=O) groups excluding carboxylic acids is 1. The minimum atomic E-state index is -4.24. The van der Waals surface area contributed by atoms with Crippen LogP contribution in [0.5, 0.6) is 0 Å². The average molecular weight is 617 g/mol. The first kappa shape index (κ1) is 27.2. The first-order chi connectivity index (χ1) is 17.4. The maximum Gasteiger partial charge on any atom is 0.333 e. The Morgan fingerprint density at radius 2 is 1.97 bits per heavy atom. The summed E-state index contributed by atoms with van der Waals surface area (Å²) in [6.07, 6.45) is 0.858. The van der Waals surface area contributed by atoms with Gasteiger partial charge in [-0.05, 0) is 30.7 Å². The summed E-state index contributed by atoms with van der Waals surface area (Å²) in [5.74, 6) is -1.48. The fourth-order valence-corrected chi connectivity index (χ4v) is 5.91. The second-order valence-electron chi connectivity index (χ2n) is 8.16. The number of benzene rings is 1. The van der Waals surface area contributed by atoms with Gasteiger partial charge >= 0.3 is 10.3 Å². The van der Waals surface area contributed by atoms with Crippen molar-refractivity contribution < 1.29 is 36.0 Å². The van der Waals surface area contributed by atoms with Gasteiger partial charge in [0.1, 0.15) is 23.9 Å². The van der Waals surface area contributed by atoms with Crippen LogP contribution in [0.25, 0.3) is 0 Å².